The first-order valence-electron chi connectivity index (χ1n) is 5.15. The molecule has 0 radical (unpaired) electrons. The third-order valence-electron chi connectivity index (χ3n) is 1.99. The molecule has 4 heteroatoms. The van der Waals surface area contributed by atoms with Crippen molar-refractivity contribution in [2.45, 2.75) is 39.4 Å². The Labute approximate surface area is 90.0 Å². The van der Waals surface area contributed by atoms with Gasteiger partial charge in [-0.25, -0.2) is 0 Å². The number of amides is 1. The lowest BCUT2D eigenvalue weighted by Gasteiger charge is -2.15. The van der Waals surface area contributed by atoms with Gasteiger partial charge in [0, 0.05) is 6.04 Å². The summed E-state index contributed by atoms with van der Waals surface area (Å²) in [6.07, 6.45) is 1.62. The summed E-state index contributed by atoms with van der Waals surface area (Å²) in [5.41, 5.74) is 0. The van der Waals surface area contributed by atoms with E-state index in [1.54, 1.807) is 6.26 Å². The van der Waals surface area contributed by atoms with Crippen LogP contribution in [0.1, 0.15) is 26.5 Å². The third kappa shape index (κ3) is 4.16. The van der Waals surface area contributed by atoms with Gasteiger partial charge in [-0.05, 0) is 32.9 Å². The number of carbonyl (C=O) groups excluding carboxylic acids is 1. The van der Waals surface area contributed by atoms with Crippen LogP contribution in [-0.4, -0.2) is 18.0 Å². The summed E-state index contributed by atoms with van der Waals surface area (Å²) in [7, 11) is 0. The van der Waals surface area contributed by atoms with Crippen molar-refractivity contribution in [3.05, 3.63) is 24.2 Å². The Morgan fingerprint density at radius 3 is 2.73 bits per heavy atom. The summed E-state index contributed by atoms with van der Waals surface area (Å²) in [5.74, 6) is 0.843. The van der Waals surface area contributed by atoms with Crippen LogP contribution in [0.2, 0.25) is 0 Å². The lowest BCUT2D eigenvalue weighted by atomic mass is 10.2. The van der Waals surface area contributed by atoms with E-state index in [9.17, 15) is 4.79 Å². The van der Waals surface area contributed by atoms with Gasteiger partial charge in [-0.1, -0.05) is 0 Å². The number of hydrogen-bond acceptors (Lipinski definition) is 3. The van der Waals surface area contributed by atoms with Gasteiger partial charge in [0.25, 0.3) is 0 Å². The molecular weight excluding hydrogens is 192 g/mol. The predicted molar refractivity (Wildman–Crippen MR) is 58.3 cm³/mol. The van der Waals surface area contributed by atoms with Crippen LogP contribution in [0.4, 0.5) is 0 Å². The SMILES string of the molecule is CC(C)NC(=O)C(C)NCc1ccco1. The van der Waals surface area contributed by atoms with E-state index in [-0.39, 0.29) is 18.0 Å². The van der Waals surface area contributed by atoms with Gasteiger partial charge in [-0.3, -0.25) is 10.1 Å². The lowest BCUT2D eigenvalue weighted by molar-refractivity contribution is -0.123. The van der Waals surface area contributed by atoms with Crippen LogP contribution in [0.25, 0.3) is 0 Å². The normalized spacial score (nSPS) is 12.8. The van der Waals surface area contributed by atoms with Crippen molar-refractivity contribution in [3.63, 3.8) is 0 Å². The van der Waals surface area contributed by atoms with Gasteiger partial charge in [0.05, 0.1) is 18.8 Å². The van der Waals surface area contributed by atoms with Crippen molar-refractivity contribution in [1.82, 2.24) is 10.6 Å². The molecule has 0 aromatic carbocycles. The van der Waals surface area contributed by atoms with Gasteiger partial charge in [0.1, 0.15) is 5.76 Å². The van der Waals surface area contributed by atoms with E-state index in [0.717, 1.165) is 5.76 Å². The smallest absolute Gasteiger partial charge is 0.237 e. The molecule has 1 amide bonds. The van der Waals surface area contributed by atoms with Crippen molar-refractivity contribution in [2.24, 2.45) is 0 Å². The molecule has 0 saturated heterocycles. The van der Waals surface area contributed by atoms with Crippen LogP contribution >= 0.6 is 0 Å². The summed E-state index contributed by atoms with van der Waals surface area (Å²) >= 11 is 0. The van der Waals surface area contributed by atoms with Crippen molar-refractivity contribution in [2.75, 3.05) is 0 Å². The fraction of sp³-hybridized carbons (Fsp3) is 0.545. The van der Waals surface area contributed by atoms with E-state index >= 15 is 0 Å². The largest absolute Gasteiger partial charge is 0.468 e. The Morgan fingerprint density at radius 2 is 2.20 bits per heavy atom. The summed E-state index contributed by atoms with van der Waals surface area (Å²) in [6.45, 7) is 6.29. The van der Waals surface area contributed by atoms with E-state index in [0.29, 0.717) is 6.54 Å². The first-order valence-corrected chi connectivity index (χ1v) is 5.15. The second kappa shape index (κ2) is 5.56. The van der Waals surface area contributed by atoms with Crippen LogP contribution in [0.15, 0.2) is 22.8 Å². The zero-order valence-corrected chi connectivity index (χ0v) is 9.41. The molecule has 1 heterocycles. The zero-order chi connectivity index (χ0) is 11.3. The van der Waals surface area contributed by atoms with Gasteiger partial charge in [0.2, 0.25) is 5.91 Å². The molecule has 4 nitrogen and oxygen atoms in total. The second-order valence-corrected chi connectivity index (χ2v) is 3.85. The highest BCUT2D eigenvalue weighted by Gasteiger charge is 2.12. The van der Waals surface area contributed by atoms with Crippen LogP contribution in [0.5, 0.6) is 0 Å². The Bertz CT molecular complexity index is 294. The fourth-order valence-electron chi connectivity index (χ4n) is 1.17. The summed E-state index contributed by atoms with van der Waals surface area (Å²) in [5, 5.41) is 5.92. The average Bonchev–Trinajstić information content (AvgIpc) is 2.65. The number of nitrogens with one attached hydrogen (secondary N) is 2. The summed E-state index contributed by atoms with van der Waals surface area (Å²) < 4.78 is 5.15. The maximum absolute atomic E-state index is 11.5. The fourth-order valence-corrected chi connectivity index (χ4v) is 1.17. The number of rotatable bonds is 5. The molecule has 15 heavy (non-hydrogen) atoms. The third-order valence-corrected chi connectivity index (χ3v) is 1.99. The van der Waals surface area contributed by atoms with E-state index in [1.807, 2.05) is 32.9 Å². The number of furan rings is 1. The molecule has 1 unspecified atom stereocenters. The van der Waals surface area contributed by atoms with Crippen molar-refractivity contribution in [3.8, 4) is 0 Å². The van der Waals surface area contributed by atoms with Crippen molar-refractivity contribution >= 4 is 5.91 Å². The quantitative estimate of drug-likeness (QED) is 0.769. The van der Waals surface area contributed by atoms with Crippen molar-refractivity contribution in [1.29, 1.82) is 0 Å². The summed E-state index contributed by atoms with van der Waals surface area (Å²) in [4.78, 5) is 11.5. The first kappa shape index (κ1) is 11.8. The Morgan fingerprint density at radius 1 is 1.47 bits per heavy atom. The molecule has 2 N–H and O–H groups in total. The topological polar surface area (TPSA) is 54.3 Å². The van der Waals surface area contributed by atoms with Gasteiger partial charge in [0.15, 0.2) is 0 Å². The molecule has 84 valence electrons. The Balaban J connectivity index is 2.29. The van der Waals surface area contributed by atoms with Crippen LogP contribution in [0, 0.1) is 0 Å². The predicted octanol–water partition coefficient (Wildman–Crippen LogP) is 1.28. The maximum Gasteiger partial charge on any atom is 0.237 e. The molecule has 1 atom stereocenters. The van der Waals surface area contributed by atoms with E-state index in [4.69, 9.17) is 4.42 Å². The van der Waals surface area contributed by atoms with Crippen LogP contribution in [-0.2, 0) is 11.3 Å². The maximum atomic E-state index is 11.5. The highest BCUT2D eigenvalue weighted by atomic mass is 16.3. The van der Waals surface area contributed by atoms with Crippen LogP contribution < -0.4 is 10.6 Å². The molecule has 1 rings (SSSR count). The molecular formula is C11H18N2O2. The molecule has 0 spiro atoms. The molecule has 0 aliphatic heterocycles. The van der Waals surface area contributed by atoms with Gasteiger partial charge in [-0.15, -0.1) is 0 Å². The molecule has 0 saturated carbocycles. The highest BCUT2D eigenvalue weighted by molar-refractivity contribution is 5.81. The monoisotopic (exact) mass is 210 g/mol. The molecule has 0 bridgehead atoms. The van der Waals surface area contributed by atoms with Gasteiger partial charge in [-0.2, -0.15) is 0 Å². The standard InChI is InChI=1S/C11H18N2O2/c1-8(2)13-11(14)9(3)12-7-10-5-4-6-15-10/h4-6,8-9,12H,7H2,1-3H3,(H,13,14). The summed E-state index contributed by atoms with van der Waals surface area (Å²) in [6, 6.07) is 3.67. The number of hydrogen-bond donors (Lipinski definition) is 2. The lowest BCUT2D eigenvalue weighted by Crippen LogP contribution is -2.44. The van der Waals surface area contributed by atoms with E-state index in [1.165, 1.54) is 0 Å². The molecule has 1 aromatic heterocycles. The second-order valence-electron chi connectivity index (χ2n) is 3.85. The minimum atomic E-state index is -0.211. The highest BCUT2D eigenvalue weighted by Crippen LogP contribution is 1.99. The van der Waals surface area contributed by atoms with Crippen LogP contribution in [0.3, 0.4) is 0 Å². The zero-order valence-electron chi connectivity index (χ0n) is 9.41. The van der Waals surface area contributed by atoms with E-state index in [2.05, 4.69) is 10.6 Å². The van der Waals surface area contributed by atoms with E-state index < -0.39 is 0 Å². The van der Waals surface area contributed by atoms with Gasteiger partial charge < -0.3 is 9.73 Å². The minimum Gasteiger partial charge on any atom is -0.468 e. The van der Waals surface area contributed by atoms with Crippen molar-refractivity contribution < 1.29 is 9.21 Å². The average molecular weight is 210 g/mol. The Hall–Kier alpha value is -1.29. The van der Waals surface area contributed by atoms with Gasteiger partial charge >= 0.3 is 0 Å². The Kier molecular flexibility index (Phi) is 4.37. The molecule has 0 aliphatic carbocycles. The molecule has 1 aromatic rings. The molecule has 0 fully saturated rings. The number of carbonyl (C=O) groups is 1. The first-order chi connectivity index (χ1) is 7.09. The molecule has 0 aliphatic rings. The minimum absolute atomic E-state index is 0.0107.